The number of ether oxygens (including phenoxy) is 1. The number of carbonyl (C=O) groups is 3. The fourth-order valence-corrected chi connectivity index (χ4v) is 5.42. The molecular weight excluding hydrogens is 437 g/mol. The van der Waals surface area contributed by atoms with Crippen molar-refractivity contribution >= 4 is 34.5 Å². The lowest BCUT2D eigenvalue weighted by molar-refractivity contribution is -0.153. The molecule has 2 saturated heterocycles. The monoisotopic (exact) mass is 455 g/mol. The molecule has 4 amide bonds. The third-order valence-electron chi connectivity index (χ3n) is 6.58. The van der Waals surface area contributed by atoms with E-state index in [-0.39, 0.29) is 36.2 Å². The molecule has 33 heavy (non-hydrogen) atoms. The number of fused-ring (bicyclic) bond motifs is 5. The summed E-state index contributed by atoms with van der Waals surface area (Å²) in [5.74, 6) is -1.93. The molecule has 3 aromatic rings. The Morgan fingerprint density at radius 1 is 1.21 bits per heavy atom. The van der Waals surface area contributed by atoms with Crippen molar-refractivity contribution in [2.45, 2.75) is 38.5 Å². The number of hydrogen-bond acceptors (Lipinski definition) is 9. The van der Waals surface area contributed by atoms with Crippen LogP contribution in [0, 0.1) is 11.2 Å². The SMILES string of the molecule is C[C@@H]1CN2c3c(cc4c(-n5cncn5)noc4c3F)CC3(C(=O)NC(=O)NC3=O)[C@H]2[C@H](C)O1. The van der Waals surface area contributed by atoms with Crippen molar-refractivity contribution in [3.05, 3.63) is 30.1 Å². The van der Waals surface area contributed by atoms with E-state index in [0.717, 1.165) is 0 Å². The molecule has 3 aliphatic rings. The van der Waals surface area contributed by atoms with Crippen LogP contribution in [0.3, 0.4) is 0 Å². The van der Waals surface area contributed by atoms with Crippen molar-refractivity contribution in [3.63, 3.8) is 0 Å². The minimum Gasteiger partial charge on any atom is -0.372 e. The number of aromatic nitrogens is 4. The number of nitrogens with zero attached hydrogens (tertiary/aromatic N) is 5. The molecule has 12 nitrogen and oxygen atoms in total. The Balaban J connectivity index is 1.61. The van der Waals surface area contributed by atoms with Crippen LogP contribution in [0.15, 0.2) is 23.2 Å². The van der Waals surface area contributed by atoms with Crippen LogP contribution in [0.5, 0.6) is 0 Å². The summed E-state index contributed by atoms with van der Waals surface area (Å²) in [5.41, 5.74) is -1.15. The molecule has 0 saturated carbocycles. The van der Waals surface area contributed by atoms with Crippen LogP contribution in [-0.2, 0) is 20.7 Å². The van der Waals surface area contributed by atoms with E-state index in [1.807, 2.05) is 6.92 Å². The Morgan fingerprint density at radius 3 is 2.67 bits per heavy atom. The smallest absolute Gasteiger partial charge is 0.328 e. The highest BCUT2D eigenvalue weighted by Gasteiger charge is 2.63. The van der Waals surface area contributed by atoms with E-state index >= 15 is 4.39 Å². The molecule has 170 valence electrons. The fourth-order valence-electron chi connectivity index (χ4n) is 5.42. The van der Waals surface area contributed by atoms with Crippen LogP contribution in [0.4, 0.5) is 14.9 Å². The van der Waals surface area contributed by atoms with Gasteiger partial charge in [-0.25, -0.2) is 14.2 Å². The van der Waals surface area contributed by atoms with Crippen molar-refractivity contribution in [1.82, 2.24) is 30.6 Å². The third-order valence-corrected chi connectivity index (χ3v) is 6.58. The standard InChI is InChI=1S/C20H18FN7O5/c1-8-5-27-13-10(3-11-14(12(13)21)33-26-16(11)28-7-22-6-23-28)4-20(15(27)9(2)32-8)17(29)24-19(31)25-18(20)30/h3,6-9,15H,4-5H2,1-2H3,(H2,24,25,29,30,31)/t8-,9+,15-/m1/s1. The lowest BCUT2D eigenvalue weighted by Gasteiger charge is -2.55. The van der Waals surface area contributed by atoms with Crippen LogP contribution >= 0.6 is 0 Å². The zero-order valence-electron chi connectivity index (χ0n) is 17.5. The molecule has 0 bridgehead atoms. The number of barbiturate groups is 1. The van der Waals surface area contributed by atoms with Gasteiger partial charge < -0.3 is 14.2 Å². The number of morpholine rings is 1. The summed E-state index contributed by atoms with van der Waals surface area (Å²) < 4.78 is 28.5. The molecule has 0 aliphatic carbocycles. The van der Waals surface area contributed by atoms with E-state index in [1.54, 1.807) is 17.9 Å². The van der Waals surface area contributed by atoms with Gasteiger partial charge in [-0.15, -0.1) is 0 Å². The maximum absolute atomic E-state index is 15.9. The van der Waals surface area contributed by atoms with E-state index in [1.165, 1.54) is 17.3 Å². The molecule has 2 N–H and O–H groups in total. The number of imide groups is 2. The van der Waals surface area contributed by atoms with Gasteiger partial charge in [0.05, 0.1) is 29.3 Å². The van der Waals surface area contributed by atoms with Crippen LogP contribution in [0.1, 0.15) is 19.4 Å². The lowest BCUT2D eigenvalue weighted by Crippen LogP contribution is -2.75. The molecule has 1 spiro atoms. The largest absolute Gasteiger partial charge is 0.372 e. The van der Waals surface area contributed by atoms with Gasteiger partial charge in [0.25, 0.3) is 0 Å². The first-order valence-electron chi connectivity index (χ1n) is 10.4. The molecule has 13 heteroatoms. The van der Waals surface area contributed by atoms with Crippen molar-refractivity contribution in [2.75, 3.05) is 11.4 Å². The highest BCUT2D eigenvalue weighted by Crippen LogP contribution is 2.49. The van der Waals surface area contributed by atoms with E-state index in [0.29, 0.717) is 10.9 Å². The number of halogens is 1. The number of urea groups is 1. The topological polar surface area (TPSA) is 144 Å². The predicted molar refractivity (Wildman–Crippen MR) is 108 cm³/mol. The molecule has 6 rings (SSSR count). The zero-order chi connectivity index (χ0) is 23.1. The van der Waals surface area contributed by atoms with Gasteiger partial charge in [-0.05, 0) is 25.5 Å². The minimum atomic E-state index is -1.70. The molecule has 5 heterocycles. The van der Waals surface area contributed by atoms with Gasteiger partial charge in [-0.1, -0.05) is 5.16 Å². The Hall–Kier alpha value is -3.87. The van der Waals surface area contributed by atoms with Crippen LogP contribution in [0.2, 0.25) is 0 Å². The molecular formula is C20H18FN7O5. The van der Waals surface area contributed by atoms with Crippen molar-refractivity contribution in [2.24, 2.45) is 5.41 Å². The molecule has 0 radical (unpaired) electrons. The van der Waals surface area contributed by atoms with E-state index in [4.69, 9.17) is 9.26 Å². The lowest BCUT2D eigenvalue weighted by atomic mass is 9.66. The van der Waals surface area contributed by atoms with E-state index < -0.39 is 41.2 Å². The molecule has 3 atom stereocenters. The molecule has 0 unspecified atom stereocenters. The number of rotatable bonds is 1. The van der Waals surface area contributed by atoms with Gasteiger partial charge in [-0.3, -0.25) is 20.2 Å². The van der Waals surface area contributed by atoms with Gasteiger partial charge in [0, 0.05) is 13.0 Å². The van der Waals surface area contributed by atoms with Gasteiger partial charge in [-0.2, -0.15) is 9.78 Å². The Morgan fingerprint density at radius 2 is 1.97 bits per heavy atom. The average molecular weight is 455 g/mol. The maximum atomic E-state index is 15.9. The second-order valence-electron chi connectivity index (χ2n) is 8.56. The van der Waals surface area contributed by atoms with Gasteiger partial charge in [0.1, 0.15) is 12.7 Å². The van der Waals surface area contributed by atoms with Crippen LogP contribution in [0.25, 0.3) is 16.8 Å². The van der Waals surface area contributed by atoms with Gasteiger partial charge in [0.15, 0.2) is 11.2 Å². The number of nitrogens with one attached hydrogen (secondary N) is 2. The number of amides is 4. The molecule has 2 fully saturated rings. The average Bonchev–Trinajstić information content (AvgIpc) is 3.41. The number of benzene rings is 1. The van der Waals surface area contributed by atoms with E-state index in [9.17, 15) is 14.4 Å². The highest BCUT2D eigenvalue weighted by molar-refractivity contribution is 6.20. The number of carbonyl (C=O) groups excluding carboxylic acids is 3. The summed E-state index contributed by atoms with van der Waals surface area (Å²) in [6.07, 6.45) is 1.64. The first-order chi connectivity index (χ1) is 15.8. The van der Waals surface area contributed by atoms with Crippen molar-refractivity contribution in [3.8, 4) is 5.82 Å². The van der Waals surface area contributed by atoms with Crippen LogP contribution in [-0.4, -0.2) is 62.6 Å². The number of hydrogen-bond donors (Lipinski definition) is 2. The Bertz CT molecular complexity index is 1320. The Kier molecular flexibility index (Phi) is 3.94. The minimum absolute atomic E-state index is 0.0755. The normalized spacial score (nSPS) is 26.2. The predicted octanol–water partition coefficient (Wildman–Crippen LogP) is 0.438. The summed E-state index contributed by atoms with van der Waals surface area (Å²) in [7, 11) is 0. The van der Waals surface area contributed by atoms with Gasteiger partial charge >= 0.3 is 6.03 Å². The maximum Gasteiger partial charge on any atom is 0.328 e. The molecule has 2 aromatic heterocycles. The Labute approximate surface area is 185 Å². The number of anilines is 1. The second kappa shape index (κ2) is 6.57. The molecule has 3 aliphatic heterocycles. The third kappa shape index (κ3) is 2.53. The highest BCUT2D eigenvalue weighted by atomic mass is 19.1. The zero-order valence-corrected chi connectivity index (χ0v) is 17.5. The molecule has 1 aromatic carbocycles. The first-order valence-corrected chi connectivity index (χ1v) is 10.4. The summed E-state index contributed by atoms with van der Waals surface area (Å²) in [4.78, 5) is 43.8. The summed E-state index contributed by atoms with van der Waals surface area (Å²) in [5, 5.41) is 12.7. The quantitative estimate of drug-likeness (QED) is 0.499. The summed E-state index contributed by atoms with van der Waals surface area (Å²) in [6, 6.07) is -0.0973. The fraction of sp³-hybridized carbons (Fsp3) is 0.400. The van der Waals surface area contributed by atoms with E-state index in [2.05, 4.69) is 25.9 Å². The van der Waals surface area contributed by atoms with Gasteiger partial charge in [0.2, 0.25) is 23.2 Å². The summed E-state index contributed by atoms with van der Waals surface area (Å²) in [6.45, 7) is 3.78. The van der Waals surface area contributed by atoms with Crippen LogP contribution < -0.4 is 15.5 Å². The second-order valence-corrected chi connectivity index (χ2v) is 8.56. The van der Waals surface area contributed by atoms with Crippen molar-refractivity contribution in [1.29, 1.82) is 0 Å². The summed E-state index contributed by atoms with van der Waals surface area (Å²) >= 11 is 0. The van der Waals surface area contributed by atoms with Crippen molar-refractivity contribution < 1.29 is 28.0 Å². The first kappa shape index (κ1) is 19.8.